The maximum absolute atomic E-state index is 11.5. The largest absolute Gasteiger partial charge is 0.481 e. The van der Waals surface area contributed by atoms with Crippen molar-refractivity contribution in [1.29, 1.82) is 0 Å². The minimum atomic E-state index is -0.802. The molecule has 5 nitrogen and oxygen atoms in total. The number of urea groups is 1. The first-order chi connectivity index (χ1) is 8.59. The second-order valence-electron chi connectivity index (χ2n) is 4.13. The van der Waals surface area contributed by atoms with E-state index in [9.17, 15) is 9.59 Å². The van der Waals surface area contributed by atoms with Gasteiger partial charge in [-0.15, -0.1) is 0 Å². The molecule has 0 radical (unpaired) electrons. The van der Waals surface area contributed by atoms with E-state index in [4.69, 9.17) is 5.11 Å². The Bertz CT molecular complexity index is 392. The number of carbonyl (C=O) groups excluding carboxylic acids is 1. The first-order valence-corrected chi connectivity index (χ1v) is 5.92. The quantitative estimate of drug-likeness (QED) is 0.678. The lowest BCUT2D eigenvalue weighted by molar-refractivity contribution is -0.141. The van der Waals surface area contributed by atoms with Crippen LogP contribution in [0.5, 0.6) is 0 Å². The zero-order valence-corrected chi connectivity index (χ0v) is 10.3. The van der Waals surface area contributed by atoms with E-state index in [0.29, 0.717) is 19.4 Å². The topological polar surface area (TPSA) is 78.4 Å². The third kappa shape index (κ3) is 5.34. The lowest BCUT2D eigenvalue weighted by Gasteiger charge is -2.08. The highest BCUT2D eigenvalue weighted by atomic mass is 16.4. The van der Waals surface area contributed by atoms with E-state index in [1.54, 1.807) is 19.1 Å². The average Bonchev–Trinajstić information content (AvgIpc) is 2.35. The Kier molecular flexibility index (Phi) is 5.70. The Morgan fingerprint density at radius 2 is 1.94 bits per heavy atom. The molecule has 0 aliphatic rings. The molecule has 0 saturated heterocycles. The number of hydrogen-bond acceptors (Lipinski definition) is 2. The van der Waals surface area contributed by atoms with Gasteiger partial charge in [0.25, 0.3) is 0 Å². The minimum absolute atomic E-state index is 0.274. The molecule has 0 saturated carbocycles. The molecule has 3 N–H and O–H groups in total. The number of carboxylic acids is 1. The lowest BCUT2D eigenvalue weighted by Crippen LogP contribution is -2.29. The first kappa shape index (κ1) is 14.0. The smallest absolute Gasteiger partial charge is 0.319 e. The van der Waals surface area contributed by atoms with E-state index in [1.807, 2.05) is 18.2 Å². The molecular formula is C13H18N2O3. The molecule has 0 aliphatic heterocycles. The molecule has 0 heterocycles. The molecular weight excluding hydrogens is 232 g/mol. The van der Waals surface area contributed by atoms with Gasteiger partial charge in [0.2, 0.25) is 0 Å². The number of hydrogen-bond donors (Lipinski definition) is 3. The summed E-state index contributed by atoms with van der Waals surface area (Å²) in [5.74, 6) is -1.17. The summed E-state index contributed by atoms with van der Waals surface area (Å²) in [6.07, 6.45) is 1.20. The standard InChI is InChI=1S/C13H18N2O3/c1-10(12(16)17)6-5-9-14-13(18)15-11-7-3-2-4-8-11/h2-4,7-8,10H,5-6,9H2,1H3,(H,16,17)(H2,14,15,18). The van der Waals surface area contributed by atoms with Gasteiger partial charge >= 0.3 is 12.0 Å². The molecule has 0 aliphatic carbocycles. The molecule has 0 bridgehead atoms. The van der Waals surface area contributed by atoms with Crippen LogP contribution in [0.1, 0.15) is 19.8 Å². The zero-order chi connectivity index (χ0) is 13.4. The van der Waals surface area contributed by atoms with Crippen LogP contribution in [0.4, 0.5) is 10.5 Å². The van der Waals surface area contributed by atoms with Crippen LogP contribution in [0.2, 0.25) is 0 Å². The second-order valence-corrected chi connectivity index (χ2v) is 4.13. The van der Waals surface area contributed by atoms with Crippen molar-refractivity contribution in [3.05, 3.63) is 30.3 Å². The van der Waals surface area contributed by atoms with Crippen molar-refractivity contribution in [2.45, 2.75) is 19.8 Å². The fraction of sp³-hybridized carbons (Fsp3) is 0.385. The van der Waals surface area contributed by atoms with Crippen molar-refractivity contribution in [3.8, 4) is 0 Å². The SMILES string of the molecule is CC(CCCNC(=O)Nc1ccccc1)C(=O)O. The molecule has 1 atom stereocenters. The van der Waals surface area contributed by atoms with Crippen LogP contribution in [0.3, 0.4) is 0 Å². The van der Waals surface area contributed by atoms with Crippen LogP contribution in [-0.2, 0) is 4.79 Å². The summed E-state index contributed by atoms with van der Waals surface area (Å²) < 4.78 is 0. The number of aliphatic carboxylic acids is 1. The van der Waals surface area contributed by atoms with Crippen LogP contribution >= 0.6 is 0 Å². The molecule has 2 amide bonds. The molecule has 1 aromatic carbocycles. The minimum Gasteiger partial charge on any atom is -0.481 e. The fourth-order valence-electron chi connectivity index (χ4n) is 1.43. The van der Waals surface area contributed by atoms with Crippen molar-refractivity contribution < 1.29 is 14.7 Å². The van der Waals surface area contributed by atoms with Crippen molar-refractivity contribution in [2.24, 2.45) is 5.92 Å². The third-order valence-corrected chi connectivity index (χ3v) is 2.55. The molecule has 1 unspecified atom stereocenters. The second kappa shape index (κ2) is 7.32. The van der Waals surface area contributed by atoms with E-state index in [2.05, 4.69) is 10.6 Å². The highest BCUT2D eigenvalue weighted by Gasteiger charge is 2.09. The van der Waals surface area contributed by atoms with Crippen molar-refractivity contribution in [2.75, 3.05) is 11.9 Å². The summed E-state index contributed by atoms with van der Waals surface area (Å²) >= 11 is 0. The highest BCUT2D eigenvalue weighted by molar-refractivity contribution is 5.89. The zero-order valence-electron chi connectivity index (χ0n) is 10.3. The summed E-state index contributed by atoms with van der Waals surface area (Å²) in [6, 6.07) is 8.87. The Morgan fingerprint density at radius 3 is 2.56 bits per heavy atom. The molecule has 98 valence electrons. The van der Waals surface area contributed by atoms with E-state index in [-0.39, 0.29) is 11.9 Å². The van der Waals surface area contributed by atoms with Crippen LogP contribution < -0.4 is 10.6 Å². The van der Waals surface area contributed by atoms with Gasteiger partial charge in [-0.25, -0.2) is 4.79 Å². The first-order valence-electron chi connectivity index (χ1n) is 5.92. The number of nitrogens with one attached hydrogen (secondary N) is 2. The van der Waals surface area contributed by atoms with Gasteiger partial charge in [0.05, 0.1) is 5.92 Å². The normalized spacial score (nSPS) is 11.6. The summed E-state index contributed by atoms with van der Waals surface area (Å²) in [5, 5.41) is 14.1. The Morgan fingerprint density at radius 1 is 1.28 bits per heavy atom. The maximum atomic E-state index is 11.5. The van der Waals surface area contributed by atoms with Gasteiger partial charge in [-0.3, -0.25) is 4.79 Å². The average molecular weight is 250 g/mol. The van der Waals surface area contributed by atoms with Gasteiger partial charge in [-0.05, 0) is 25.0 Å². The lowest BCUT2D eigenvalue weighted by atomic mass is 10.1. The number of benzene rings is 1. The van der Waals surface area contributed by atoms with Crippen LogP contribution in [-0.4, -0.2) is 23.7 Å². The van der Waals surface area contributed by atoms with Crippen molar-refractivity contribution in [1.82, 2.24) is 5.32 Å². The number of anilines is 1. The monoisotopic (exact) mass is 250 g/mol. The van der Waals surface area contributed by atoms with Crippen LogP contribution in [0.25, 0.3) is 0 Å². The van der Waals surface area contributed by atoms with Gasteiger partial charge in [0.15, 0.2) is 0 Å². The fourth-order valence-corrected chi connectivity index (χ4v) is 1.43. The number of carbonyl (C=O) groups is 2. The number of para-hydroxylation sites is 1. The number of rotatable bonds is 6. The van der Waals surface area contributed by atoms with Gasteiger partial charge in [0, 0.05) is 12.2 Å². The van der Waals surface area contributed by atoms with E-state index >= 15 is 0 Å². The summed E-state index contributed by atoms with van der Waals surface area (Å²) in [5.41, 5.74) is 0.730. The third-order valence-electron chi connectivity index (χ3n) is 2.55. The molecule has 1 rings (SSSR count). The summed E-state index contributed by atoms with van der Waals surface area (Å²) in [7, 11) is 0. The summed E-state index contributed by atoms with van der Waals surface area (Å²) in [4.78, 5) is 22.0. The van der Waals surface area contributed by atoms with Crippen molar-refractivity contribution in [3.63, 3.8) is 0 Å². The predicted molar refractivity (Wildman–Crippen MR) is 69.5 cm³/mol. The molecule has 0 spiro atoms. The van der Waals surface area contributed by atoms with Crippen LogP contribution in [0, 0.1) is 5.92 Å². The molecule has 5 heteroatoms. The van der Waals surface area contributed by atoms with Gasteiger partial charge in [0.1, 0.15) is 0 Å². The van der Waals surface area contributed by atoms with E-state index < -0.39 is 5.97 Å². The molecule has 1 aromatic rings. The maximum Gasteiger partial charge on any atom is 0.319 e. The van der Waals surface area contributed by atoms with Crippen LogP contribution in [0.15, 0.2) is 30.3 Å². The van der Waals surface area contributed by atoms with Gasteiger partial charge in [-0.2, -0.15) is 0 Å². The molecule has 0 aromatic heterocycles. The number of amides is 2. The predicted octanol–water partition coefficient (Wildman–Crippen LogP) is 2.31. The van der Waals surface area contributed by atoms with Crippen molar-refractivity contribution >= 4 is 17.7 Å². The number of carboxylic acid groups (broad SMARTS) is 1. The summed E-state index contributed by atoms with van der Waals surface area (Å²) in [6.45, 7) is 2.13. The Labute approximate surface area is 106 Å². The molecule has 18 heavy (non-hydrogen) atoms. The highest BCUT2D eigenvalue weighted by Crippen LogP contribution is 2.05. The van der Waals surface area contributed by atoms with Gasteiger partial charge < -0.3 is 15.7 Å². The Balaban J connectivity index is 2.16. The van der Waals surface area contributed by atoms with E-state index in [1.165, 1.54) is 0 Å². The van der Waals surface area contributed by atoms with E-state index in [0.717, 1.165) is 5.69 Å². The Hall–Kier alpha value is -2.04. The van der Waals surface area contributed by atoms with Gasteiger partial charge in [-0.1, -0.05) is 25.1 Å². The molecule has 0 fully saturated rings.